The van der Waals surface area contributed by atoms with Gasteiger partial charge >= 0.3 is 0 Å². The molecule has 3 nitrogen and oxygen atoms in total. The van der Waals surface area contributed by atoms with E-state index in [0.717, 1.165) is 32.7 Å². The minimum absolute atomic E-state index is 0.201. The SMILES string of the molecule is CC(=O)CCOCC1CCOCC1. The molecule has 1 aliphatic heterocycles. The van der Waals surface area contributed by atoms with Crippen molar-refractivity contribution in [2.45, 2.75) is 26.2 Å². The van der Waals surface area contributed by atoms with Crippen molar-refractivity contribution in [3.8, 4) is 0 Å². The van der Waals surface area contributed by atoms with Crippen molar-refractivity contribution in [1.29, 1.82) is 0 Å². The number of hydrogen-bond donors (Lipinski definition) is 0. The van der Waals surface area contributed by atoms with Gasteiger partial charge in [0.05, 0.1) is 6.61 Å². The summed E-state index contributed by atoms with van der Waals surface area (Å²) in [6.07, 6.45) is 2.74. The van der Waals surface area contributed by atoms with Gasteiger partial charge in [-0.25, -0.2) is 0 Å². The lowest BCUT2D eigenvalue weighted by Gasteiger charge is -2.21. The minimum atomic E-state index is 0.201. The molecule has 1 saturated heterocycles. The number of carbonyl (C=O) groups is 1. The molecule has 76 valence electrons. The Morgan fingerprint density at radius 3 is 2.77 bits per heavy atom. The van der Waals surface area contributed by atoms with Crippen LogP contribution < -0.4 is 0 Å². The summed E-state index contributed by atoms with van der Waals surface area (Å²) in [4.78, 5) is 10.6. The van der Waals surface area contributed by atoms with Crippen LogP contribution >= 0.6 is 0 Å². The quantitative estimate of drug-likeness (QED) is 0.609. The summed E-state index contributed by atoms with van der Waals surface area (Å²) < 4.78 is 10.6. The molecule has 0 radical (unpaired) electrons. The molecule has 0 saturated carbocycles. The van der Waals surface area contributed by atoms with Gasteiger partial charge in [0, 0.05) is 26.2 Å². The first-order chi connectivity index (χ1) is 6.29. The maximum absolute atomic E-state index is 10.6. The first kappa shape index (κ1) is 10.7. The van der Waals surface area contributed by atoms with Crippen molar-refractivity contribution in [1.82, 2.24) is 0 Å². The number of carbonyl (C=O) groups excluding carboxylic acids is 1. The molecule has 0 aliphatic carbocycles. The molecule has 0 aromatic rings. The lowest BCUT2D eigenvalue weighted by atomic mass is 10.0. The summed E-state index contributed by atoms with van der Waals surface area (Å²) >= 11 is 0. The third-order valence-corrected chi connectivity index (χ3v) is 2.29. The van der Waals surface area contributed by atoms with E-state index < -0.39 is 0 Å². The average molecular weight is 186 g/mol. The summed E-state index contributed by atoms with van der Waals surface area (Å²) in [5.74, 6) is 0.840. The lowest BCUT2D eigenvalue weighted by molar-refractivity contribution is -0.118. The first-order valence-corrected chi connectivity index (χ1v) is 4.94. The zero-order chi connectivity index (χ0) is 9.52. The summed E-state index contributed by atoms with van der Waals surface area (Å²) in [6.45, 7) is 4.68. The molecular formula is C10H18O3. The normalized spacial score (nSPS) is 18.8. The topological polar surface area (TPSA) is 35.5 Å². The Morgan fingerprint density at radius 1 is 1.46 bits per heavy atom. The molecule has 0 amide bonds. The third kappa shape index (κ3) is 5.01. The van der Waals surface area contributed by atoms with E-state index in [1.807, 2.05) is 0 Å². The van der Waals surface area contributed by atoms with Crippen molar-refractivity contribution in [2.24, 2.45) is 5.92 Å². The molecule has 3 heteroatoms. The summed E-state index contributed by atoms with van der Waals surface area (Å²) in [5.41, 5.74) is 0. The largest absolute Gasteiger partial charge is 0.381 e. The Bertz CT molecular complexity index is 150. The highest BCUT2D eigenvalue weighted by Gasteiger charge is 2.13. The zero-order valence-electron chi connectivity index (χ0n) is 8.25. The fraction of sp³-hybridized carbons (Fsp3) is 0.900. The van der Waals surface area contributed by atoms with Crippen LogP contribution in [0.4, 0.5) is 0 Å². The second kappa shape index (κ2) is 6.11. The zero-order valence-corrected chi connectivity index (χ0v) is 8.25. The molecule has 1 aliphatic rings. The van der Waals surface area contributed by atoms with Gasteiger partial charge in [-0.2, -0.15) is 0 Å². The van der Waals surface area contributed by atoms with Crippen LogP contribution in [0.1, 0.15) is 26.2 Å². The number of ketones is 1. The van der Waals surface area contributed by atoms with Gasteiger partial charge in [0.15, 0.2) is 0 Å². The Balaban J connectivity index is 1.95. The van der Waals surface area contributed by atoms with Crippen molar-refractivity contribution in [2.75, 3.05) is 26.4 Å². The average Bonchev–Trinajstić information content (AvgIpc) is 2.14. The number of rotatable bonds is 5. The number of ether oxygens (including phenoxy) is 2. The molecule has 0 spiro atoms. The van der Waals surface area contributed by atoms with Crippen molar-refractivity contribution in [3.63, 3.8) is 0 Å². The minimum Gasteiger partial charge on any atom is -0.381 e. The summed E-state index contributed by atoms with van der Waals surface area (Å²) in [7, 11) is 0. The molecule has 0 unspecified atom stereocenters. The van der Waals surface area contributed by atoms with E-state index in [0.29, 0.717) is 18.9 Å². The van der Waals surface area contributed by atoms with E-state index in [1.54, 1.807) is 6.92 Å². The molecule has 0 aromatic heterocycles. The lowest BCUT2D eigenvalue weighted by Crippen LogP contribution is -2.20. The van der Waals surface area contributed by atoms with Gasteiger partial charge in [-0.05, 0) is 25.7 Å². The molecule has 1 fully saturated rings. The second-order valence-corrected chi connectivity index (χ2v) is 3.58. The molecule has 0 N–H and O–H groups in total. The van der Waals surface area contributed by atoms with E-state index in [9.17, 15) is 4.79 Å². The van der Waals surface area contributed by atoms with Gasteiger partial charge in [-0.3, -0.25) is 4.79 Å². The van der Waals surface area contributed by atoms with Crippen LogP contribution in [0, 0.1) is 5.92 Å². The standard InChI is InChI=1S/C10H18O3/c1-9(11)2-5-13-8-10-3-6-12-7-4-10/h10H,2-8H2,1H3. The smallest absolute Gasteiger partial charge is 0.132 e. The van der Waals surface area contributed by atoms with Crippen molar-refractivity contribution >= 4 is 5.78 Å². The van der Waals surface area contributed by atoms with Gasteiger partial charge < -0.3 is 9.47 Å². The monoisotopic (exact) mass is 186 g/mol. The molecule has 0 bridgehead atoms. The van der Waals surface area contributed by atoms with Crippen molar-refractivity contribution < 1.29 is 14.3 Å². The summed E-state index contributed by atoms with van der Waals surface area (Å²) in [5, 5.41) is 0. The van der Waals surface area contributed by atoms with Gasteiger partial charge in [-0.1, -0.05) is 0 Å². The Labute approximate surface area is 79.4 Å². The van der Waals surface area contributed by atoms with Crippen molar-refractivity contribution in [3.05, 3.63) is 0 Å². The highest BCUT2D eigenvalue weighted by atomic mass is 16.5. The van der Waals surface area contributed by atoms with E-state index in [2.05, 4.69) is 0 Å². The van der Waals surface area contributed by atoms with Crippen LogP contribution in [-0.4, -0.2) is 32.2 Å². The third-order valence-electron chi connectivity index (χ3n) is 2.29. The van der Waals surface area contributed by atoms with Crippen LogP contribution in [0.3, 0.4) is 0 Å². The molecule has 1 heterocycles. The molecule has 13 heavy (non-hydrogen) atoms. The highest BCUT2D eigenvalue weighted by molar-refractivity contribution is 5.75. The van der Waals surface area contributed by atoms with E-state index in [-0.39, 0.29) is 5.78 Å². The van der Waals surface area contributed by atoms with Crippen LogP contribution in [0.5, 0.6) is 0 Å². The van der Waals surface area contributed by atoms with E-state index >= 15 is 0 Å². The van der Waals surface area contributed by atoms with E-state index in [4.69, 9.17) is 9.47 Å². The van der Waals surface area contributed by atoms with Gasteiger partial charge in [0.1, 0.15) is 5.78 Å². The number of Topliss-reactive ketones (excluding diaryl/α,β-unsaturated/α-hetero) is 1. The van der Waals surface area contributed by atoms with Gasteiger partial charge in [0.25, 0.3) is 0 Å². The Hall–Kier alpha value is -0.410. The Morgan fingerprint density at radius 2 is 2.15 bits per heavy atom. The fourth-order valence-corrected chi connectivity index (χ4v) is 1.38. The van der Waals surface area contributed by atoms with Crippen LogP contribution in [0.15, 0.2) is 0 Å². The van der Waals surface area contributed by atoms with Crippen LogP contribution in [0.2, 0.25) is 0 Å². The Kier molecular flexibility index (Phi) is 5.01. The van der Waals surface area contributed by atoms with Crippen LogP contribution in [0.25, 0.3) is 0 Å². The molecule has 1 rings (SSSR count). The molecule has 0 aromatic carbocycles. The van der Waals surface area contributed by atoms with Gasteiger partial charge in [0.2, 0.25) is 0 Å². The number of hydrogen-bond acceptors (Lipinski definition) is 3. The van der Waals surface area contributed by atoms with Crippen LogP contribution in [-0.2, 0) is 14.3 Å². The van der Waals surface area contributed by atoms with E-state index in [1.165, 1.54) is 0 Å². The molecular weight excluding hydrogens is 168 g/mol. The fourth-order valence-electron chi connectivity index (χ4n) is 1.38. The highest BCUT2D eigenvalue weighted by Crippen LogP contribution is 2.14. The first-order valence-electron chi connectivity index (χ1n) is 4.94. The predicted octanol–water partition coefficient (Wildman–Crippen LogP) is 1.41. The summed E-state index contributed by atoms with van der Waals surface area (Å²) in [6, 6.07) is 0. The maximum atomic E-state index is 10.6. The second-order valence-electron chi connectivity index (χ2n) is 3.58. The predicted molar refractivity (Wildman–Crippen MR) is 49.7 cm³/mol. The van der Waals surface area contributed by atoms with Gasteiger partial charge in [-0.15, -0.1) is 0 Å². The maximum Gasteiger partial charge on any atom is 0.132 e. The molecule has 0 atom stereocenters.